The lowest BCUT2D eigenvalue weighted by Crippen LogP contribution is -2.30. The van der Waals surface area contributed by atoms with Crippen LogP contribution in [0.5, 0.6) is 23.0 Å². The Morgan fingerprint density at radius 2 is 0.667 bits per heavy atom. The molecule has 2 saturated carbocycles. The van der Waals surface area contributed by atoms with Crippen molar-refractivity contribution in [2.75, 3.05) is 26.4 Å². The Bertz CT molecular complexity index is 2380. The van der Waals surface area contributed by atoms with E-state index < -0.39 is 95.6 Å². The molecule has 0 heterocycles. The van der Waals surface area contributed by atoms with Crippen LogP contribution in [0.4, 0.5) is 0 Å². The van der Waals surface area contributed by atoms with Gasteiger partial charge in [0, 0.05) is 25.0 Å². The van der Waals surface area contributed by atoms with Gasteiger partial charge in [0.2, 0.25) is 0 Å². The van der Waals surface area contributed by atoms with Gasteiger partial charge in [-0.3, -0.25) is 38.4 Å². The predicted molar refractivity (Wildman–Crippen MR) is 274 cm³/mol. The Kier molecular flexibility index (Phi) is 24.7. The van der Waals surface area contributed by atoms with Crippen LogP contribution >= 0.6 is 0 Å². The Labute approximate surface area is 452 Å². The molecular weight excluding hydrogens is 1020 g/mol. The summed E-state index contributed by atoms with van der Waals surface area (Å²) in [6.45, 7) is 9.55. The Morgan fingerprint density at radius 1 is 0.410 bits per heavy atom. The summed E-state index contributed by atoms with van der Waals surface area (Å²) in [6.07, 6.45) is 4.16. The molecule has 2 atom stereocenters. The fourth-order valence-corrected chi connectivity index (χ4v) is 8.22. The zero-order valence-electron chi connectivity index (χ0n) is 43.9. The first-order chi connectivity index (χ1) is 37.5. The van der Waals surface area contributed by atoms with Crippen LogP contribution in [-0.2, 0) is 89.2 Å². The maximum atomic E-state index is 13.1. The van der Waals surface area contributed by atoms with Crippen LogP contribution in [0, 0.1) is 23.7 Å². The van der Waals surface area contributed by atoms with Crippen LogP contribution in [-0.4, -0.2) is 98.3 Å². The van der Waals surface area contributed by atoms with E-state index in [4.69, 9.17) is 47.4 Å². The predicted octanol–water partition coefficient (Wildman–Crippen LogP) is 7.38. The highest BCUT2D eigenvalue weighted by Gasteiger charge is 2.34. The molecule has 3 aromatic rings. The van der Waals surface area contributed by atoms with Crippen LogP contribution in [0.2, 0.25) is 0 Å². The number of rotatable bonds is 28. The molecule has 78 heavy (non-hydrogen) atoms. The molecule has 20 nitrogen and oxygen atoms in total. The highest BCUT2D eigenvalue weighted by Crippen LogP contribution is 2.34. The number of ether oxygens (including phenoxy) is 10. The summed E-state index contributed by atoms with van der Waals surface area (Å²) in [5.74, 6) is -5.68. The first-order valence-electron chi connectivity index (χ1n) is 25.9. The molecule has 0 saturated heterocycles. The van der Waals surface area contributed by atoms with Gasteiger partial charge in [-0.1, -0.05) is 37.4 Å². The van der Waals surface area contributed by atoms with Crippen molar-refractivity contribution >= 4 is 59.7 Å². The first-order valence-corrected chi connectivity index (χ1v) is 25.9. The molecule has 0 aromatic heterocycles. The molecule has 0 aliphatic heterocycles. The van der Waals surface area contributed by atoms with E-state index in [1.165, 1.54) is 24.3 Å². The lowest BCUT2D eigenvalue weighted by Gasteiger charge is -2.26. The monoisotopic (exact) mass is 1080 g/mol. The maximum absolute atomic E-state index is 13.1. The molecule has 20 heteroatoms. The van der Waals surface area contributed by atoms with Crippen molar-refractivity contribution in [3.8, 4) is 23.0 Å². The molecule has 2 fully saturated rings. The number of benzene rings is 3. The second-order valence-electron chi connectivity index (χ2n) is 18.8. The van der Waals surface area contributed by atoms with Crippen LogP contribution < -0.4 is 18.9 Å². The van der Waals surface area contributed by atoms with E-state index in [2.05, 4.69) is 13.2 Å². The average molecular weight is 1080 g/mol. The largest absolute Gasteiger partial charge is 0.465 e. The molecule has 0 radical (unpaired) electrons. The van der Waals surface area contributed by atoms with Crippen molar-refractivity contribution in [3.05, 3.63) is 109 Å². The third-order valence-corrected chi connectivity index (χ3v) is 12.6. The van der Waals surface area contributed by atoms with Crippen molar-refractivity contribution in [2.24, 2.45) is 23.7 Å². The summed E-state index contributed by atoms with van der Waals surface area (Å²) >= 11 is 0. The van der Waals surface area contributed by atoms with E-state index in [-0.39, 0.29) is 63.6 Å². The molecule has 3 aromatic carbocycles. The molecule has 2 aliphatic carbocycles. The summed E-state index contributed by atoms with van der Waals surface area (Å²) in [5, 5.41) is 0. The zero-order valence-corrected chi connectivity index (χ0v) is 43.9. The highest BCUT2D eigenvalue weighted by molar-refractivity contribution is 5.82. The van der Waals surface area contributed by atoms with Gasteiger partial charge in [-0.05, 0) is 125 Å². The number of hydrogen-bond acceptors (Lipinski definition) is 20. The zero-order chi connectivity index (χ0) is 56.4. The van der Waals surface area contributed by atoms with E-state index in [1.54, 1.807) is 62.4 Å². The second-order valence-corrected chi connectivity index (χ2v) is 18.8. The van der Waals surface area contributed by atoms with E-state index in [0.717, 1.165) is 23.3 Å². The lowest BCUT2D eigenvalue weighted by molar-refractivity contribution is -0.157. The Hall–Kier alpha value is -8.16. The minimum absolute atomic E-state index is 0.0736. The molecule has 0 spiro atoms. The number of esters is 10. The molecule has 0 bridgehead atoms. The van der Waals surface area contributed by atoms with Gasteiger partial charge in [0.15, 0.2) is 0 Å². The topological polar surface area (TPSA) is 263 Å². The van der Waals surface area contributed by atoms with Gasteiger partial charge in [-0.2, -0.15) is 0 Å². The van der Waals surface area contributed by atoms with Gasteiger partial charge in [0.25, 0.3) is 0 Å². The smallest absolute Gasteiger partial charge is 0.330 e. The number of hydrogen-bond donors (Lipinski definition) is 0. The molecule has 2 aliphatic rings. The van der Waals surface area contributed by atoms with Crippen LogP contribution in [0.15, 0.2) is 98.1 Å². The minimum Gasteiger partial charge on any atom is -0.465 e. The summed E-state index contributed by atoms with van der Waals surface area (Å²) in [7, 11) is 0. The second kappa shape index (κ2) is 31.8. The lowest BCUT2D eigenvalue weighted by atomic mass is 9.82. The van der Waals surface area contributed by atoms with Crippen molar-refractivity contribution < 1.29 is 95.3 Å². The molecule has 2 unspecified atom stereocenters. The number of carbonyl (C=O) groups excluding carboxylic acids is 10. The SMILES string of the molecule is C=CC(=O)OCC(C)OC(=O)CCC(=O)OCCc1ccc(OC(=O)C2CCC(C(=O)Oc3ccc(OC(=O)C4CCC(C(=O)Oc5ccc(CCOC(=O)CCC(=O)OC(C)COC(=O)C=C)cc5)CC4)cc3)CC2)cc1. The van der Waals surface area contributed by atoms with Gasteiger partial charge in [-0.25, -0.2) is 9.59 Å². The minimum atomic E-state index is -0.683. The van der Waals surface area contributed by atoms with Gasteiger partial charge in [0.1, 0.15) is 48.4 Å². The van der Waals surface area contributed by atoms with Crippen LogP contribution in [0.3, 0.4) is 0 Å². The fourth-order valence-electron chi connectivity index (χ4n) is 8.22. The molecular formula is C58H66O20. The molecule has 418 valence electrons. The van der Waals surface area contributed by atoms with Crippen molar-refractivity contribution in [2.45, 2.75) is 116 Å². The normalized spacial score (nSPS) is 17.5. The van der Waals surface area contributed by atoms with E-state index in [9.17, 15) is 47.9 Å². The third-order valence-electron chi connectivity index (χ3n) is 12.6. The molecule has 5 rings (SSSR count). The Balaban J connectivity index is 0.904. The Morgan fingerprint density at radius 3 is 0.936 bits per heavy atom. The van der Waals surface area contributed by atoms with Gasteiger partial charge < -0.3 is 47.4 Å². The van der Waals surface area contributed by atoms with Crippen molar-refractivity contribution in [3.63, 3.8) is 0 Å². The fraction of sp³-hybridized carbons (Fsp3) is 0.448. The first kappa shape index (κ1) is 60.7. The van der Waals surface area contributed by atoms with Gasteiger partial charge in [0.05, 0.1) is 62.6 Å². The van der Waals surface area contributed by atoms with E-state index in [1.807, 2.05) is 0 Å². The third kappa shape index (κ3) is 21.8. The summed E-state index contributed by atoms with van der Waals surface area (Å²) < 4.78 is 52.7. The molecule has 0 amide bonds. The van der Waals surface area contributed by atoms with Gasteiger partial charge in [-0.15, -0.1) is 0 Å². The van der Waals surface area contributed by atoms with Crippen LogP contribution in [0.1, 0.15) is 102 Å². The summed E-state index contributed by atoms with van der Waals surface area (Å²) in [6, 6.07) is 19.7. The van der Waals surface area contributed by atoms with Gasteiger partial charge >= 0.3 is 59.7 Å². The molecule has 0 N–H and O–H groups in total. The average Bonchev–Trinajstić information content (AvgIpc) is 3.44. The van der Waals surface area contributed by atoms with E-state index in [0.29, 0.717) is 75.7 Å². The number of carbonyl (C=O) groups is 10. The van der Waals surface area contributed by atoms with Crippen molar-refractivity contribution in [1.82, 2.24) is 0 Å². The maximum Gasteiger partial charge on any atom is 0.330 e. The summed E-state index contributed by atoms with van der Waals surface area (Å²) in [4.78, 5) is 123. The summed E-state index contributed by atoms with van der Waals surface area (Å²) in [5.41, 5.74) is 1.66. The van der Waals surface area contributed by atoms with Crippen molar-refractivity contribution in [1.29, 1.82) is 0 Å². The quantitative estimate of drug-likeness (QED) is 0.0297. The van der Waals surface area contributed by atoms with Crippen LogP contribution in [0.25, 0.3) is 0 Å². The van der Waals surface area contributed by atoms with E-state index >= 15 is 0 Å². The highest BCUT2D eigenvalue weighted by atomic mass is 16.6. The standard InChI is InChI=1S/C58H66O20/c1-5-49(59)71-35-37(3)73-53(63)29-27-51(61)69-33-31-39-7-19-45(20-8-39)75-55(65)41-11-15-43(16-12-41)57(67)77-47-23-25-48(26-24-47)78-58(68)44-17-13-42(14-18-44)56(66)76-46-21-9-40(10-22-46)32-34-70-52(62)28-30-54(64)74-38(4)36-72-50(60)6-2/h5-10,19-26,37-38,41-44H,1-2,11-18,27-36H2,3-4H3.